The van der Waals surface area contributed by atoms with Gasteiger partial charge in [-0.3, -0.25) is 0 Å². The molecule has 1 unspecified atom stereocenters. The van der Waals surface area contributed by atoms with Gasteiger partial charge in [-0.2, -0.15) is 0 Å². The maximum Gasteiger partial charge on any atom is 0.0754 e. The molecule has 2 aliphatic rings. The summed E-state index contributed by atoms with van der Waals surface area (Å²) in [6.07, 6.45) is 0. The van der Waals surface area contributed by atoms with Gasteiger partial charge in [0.1, 0.15) is 0 Å². The van der Waals surface area contributed by atoms with E-state index >= 15 is 0 Å². The van der Waals surface area contributed by atoms with Crippen LogP contribution in [0.15, 0.2) is 231 Å². The summed E-state index contributed by atoms with van der Waals surface area (Å²) in [6.45, 7) is 0. The summed E-state index contributed by atoms with van der Waals surface area (Å²) >= 11 is 0. The molecular formula is C55H38N2. The molecule has 57 heavy (non-hydrogen) atoms. The Hall–Kier alpha value is -7.42. The van der Waals surface area contributed by atoms with Crippen LogP contribution in [0.3, 0.4) is 0 Å². The van der Waals surface area contributed by atoms with Crippen LogP contribution in [-0.2, 0) is 5.41 Å². The fraction of sp³-hybridized carbons (Fsp3) is 0.0182. The summed E-state index contributed by atoms with van der Waals surface area (Å²) < 4.78 is 0. The molecule has 0 N–H and O–H groups in total. The molecule has 268 valence electrons. The number of hydrogen-bond acceptors (Lipinski definition) is 2. The normalized spacial score (nSPS) is 14.7. The van der Waals surface area contributed by atoms with Gasteiger partial charge < -0.3 is 9.80 Å². The zero-order chi connectivity index (χ0) is 37.8. The Labute approximate surface area is 334 Å². The smallest absolute Gasteiger partial charge is 0.0754 e. The van der Waals surface area contributed by atoms with Gasteiger partial charge in [-0.25, -0.2) is 0 Å². The molecule has 11 rings (SSSR count). The second-order valence-corrected chi connectivity index (χ2v) is 14.9. The molecule has 1 atom stereocenters. The van der Waals surface area contributed by atoms with E-state index in [1.807, 2.05) is 0 Å². The Bertz CT molecular complexity index is 2870. The summed E-state index contributed by atoms with van der Waals surface area (Å²) in [5.41, 5.74) is 19.1. The lowest BCUT2D eigenvalue weighted by Crippen LogP contribution is -2.35. The number of para-hydroxylation sites is 3. The minimum absolute atomic E-state index is 0.490. The molecule has 9 aromatic rings. The molecule has 0 bridgehead atoms. The highest BCUT2D eigenvalue weighted by molar-refractivity contribution is 6.00. The van der Waals surface area contributed by atoms with Crippen LogP contribution in [-0.4, -0.2) is 0 Å². The van der Waals surface area contributed by atoms with Gasteiger partial charge in [0, 0.05) is 28.3 Å². The fourth-order valence-corrected chi connectivity index (χ4v) is 9.40. The van der Waals surface area contributed by atoms with E-state index in [1.54, 1.807) is 0 Å². The number of anilines is 6. The quantitative estimate of drug-likeness (QED) is 0.161. The third kappa shape index (κ3) is 5.18. The van der Waals surface area contributed by atoms with Crippen molar-refractivity contribution in [2.45, 2.75) is 5.41 Å². The van der Waals surface area contributed by atoms with Crippen molar-refractivity contribution >= 4 is 34.1 Å². The Balaban J connectivity index is 1.05. The van der Waals surface area contributed by atoms with Crippen LogP contribution in [0.5, 0.6) is 0 Å². The molecule has 1 aliphatic carbocycles. The van der Waals surface area contributed by atoms with Crippen LogP contribution in [0.1, 0.15) is 22.3 Å². The number of nitrogens with zero attached hydrogens (tertiary/aromatic N) is 2. The summed E-state index contributed by atoms with van der Waals surface area (Å²) in [4.78, 5) is 4.79. The topological polar surface area (TPSA) is 6.48 Å². The number of rotatable bonds is 7. The molecule has 1 heterocycles. The Kier molecular flexibility index (Phi) is 7.75. The number of benzene rings is 9. The standard InChI is InChI=1S/C55H38N2/c1-5-16-39(17-6-1)40-28-33-46(34-29-40)56(44-20-9-3-10-21-44)47-35-30-41(31-36-47)42-32-37-48-49-24-15-27-53-54(49)55(51(48)38-42,43-18-7-2-8-19-43)50-25-13-14-26-52(50)57(53)45-22-11-4-12-23-45/h1-38H. The maximum atomic E-state index is 2.47. The predicted molar refractivity (Wildman–Crippen MR) is 238 cm³/mol. The SMILES string of the molecule is c1ccc(-c2ccc(N(c3ccccc3)c3ccc(-c4ccc5c(c4)C4(c6ccccc6)c6ccccc6N(c6ccccc6)c6cccc-5c64)cc3)cc2)cc1. The summed E-state index contributed by atoms with van der Waals surface area (Å²) in [5, 5.41) is 0. The van der Waals surface area contributed by atoms with Crippen LogP contribution >= 0.6 is 0 Å². The van der Waals surface area contributed by atoms with Crippen molar-refractivity contribution in [3.63, 3.8) is 0 Å². The molecule has 0 spiro atoms. The Morgan fingerprint density at radius 1 is 0.333 bits per heavy atom. The van der Waals surface area contributed by atoms with Gasteiger partial charge in [-0.1, -0.05) is 164 Å². The fourth-order valence-electron chi connectivity index (χ4n) is 9.40. The molecule has 0 radical (unpaired) electrons. The lowest BCUT2D eigenvalue weighted by atomic mass is 9.64. The molecular weight excluding hydrogens is 689 g/mol. The molecule has 0 saturated heterocycles. The largest absolute Gasteiger partial charge is 0.311 e. The number of fused-ring (bicyclic) bond motifs is 5. The lowest BCUT2D eigenvalue weighted by molar-refractivity contribution is 0.754. The molecule has 2 nitrogen and oxygen atoms in total. The lowest BCUT2D eigenvalue weighted by Gasteiger charge is -2.44. The van der Waals surface area contributed by atoms with E-state index in [0.717, 1.165) is 22.7 Å². The van der Waals surface area contributed by atoms with Crippen LogP contribution in [0.2, 0.25) is 0 Å². The van der Waals surface area contributed by atoms with Crippen molar-refractivity contribution in [1.29, 1.82) is 0 Å². The van der Waals surface area contributed by atoms with Crippen LogP contribution in [0.4, 0.5) is 34.1 Å². The first-order chi connectivity index (χ1) is 28.3. The predicted octanol–water partition coefficient (Wildman–Crippen LogP) is 14.6. The Morgan fingerprint density at radius 3 is 1.53 bits per heavy atom. The van der Waals surface area contributed by atoms with E-state index in [1.165, 1.54) is 67.0 Å². The monoisotopic (exact) mass is 726 g/mol. The van der Waals surface area contributed by atoms with Crippen molar-refractivity contribution in [3.05, 3.63) is 253 Å². The van der Waals surface area contributed by atoms with Gasteiger partial charge in [0.2, 0.25) is 0 Å². The first kappa shape index (κ1) is 33.0. The summed E-state index contributed by atoms with van der Waals surface area (Å²) in [5.74, 6) is 0. The second kappa shape index (κ2) is 13.4. The zero-order valence-electron chi connectivity index (χ0n) is 31.3. The van der Waals surface area contributed by atoms with E-state index in [0.29, 0.717) is 0 Å². The number of hydrogen-bond donors (Lipinski definition) is 0. The molecule has 0 amide bonds. The third-order valence-corrected chi connectivity index (χ3v) is 11.8. The maximum absolute atomic E-state index is 2.47. The average Bonchev–Trinajstić information content (AvgIpc) is 3.60. The van der Waals surface area contributed by atoms with E-state index in [9.17, 15) is 0 Å². The zero-order valence-corrected chi connectivity index (χ0v) is 31.3. The average molecular weight is 727 g/mol. The highest BCUT2D eigenvalue weighted by atomic mass is 15.2. The third-order valence-electron chi connectivity index (χ3n) is 11.8. The van der Waals surface area contributed by atoms with Crippen molar-refractivity contribution in [3.8, 4) is 33.4 Å². The molecule has 9 aromatic carbocycles. The molecule has 0 fully saturated rings. The van der Waals surface area contributed by atoms with Crippen LogP contribution in [0, 0.1) is 0 Å². The molecule has 1 aliphatic heterocycles. The van der Waals surface area contributed by atoms with Crippen LogP contribution in [0.25, 0.3) is 33.4 Å². The summed E-state index contributed by atoms with van der Waals surface area (Å²) in [7, 11) is 0. The first-order valence-electron chi connectivity index (χ1n) is 19.7. The van der Waals surface area contributed by atoms with Gasteiger partial charge in [-0.15, -0.1) is 0 Å². The van der Waals surface area contributed by atoms with Crippen molar-refractivity contribution in [2.75, 3.05) is 9.80 Å². The van der Waals surface area contributed by atoms with Gasteiger partial charge >= 0.3 is 0 Å². The van der Waals surface area contributed by atoms with E-state index in [2.05, 4.69) is 240 Å². The van der Waals surface area contributed by atoms with Gasteiger partial charge in [0.15, 0.2) is 0 Å². The minimum atomic E-state index is -0.490. The second-order valence-electron chi connectivity index (χ2n) is 14.9. The van der Waals surface area contributed by atoms with Crippen molar-refractivity contribution < 1.29 is 0 Å². The minimum Gasteiger partial charge on any atom is -0.311 e. The molecule has 2 heteroatoms. The van der Waals surface area contributed by atoms with Gasteiger partial charge in [-0.05, 0) is 117 Å². The van der Waals surface area contributed by atoms with Crippen LogP contribution < -0.4 is 9.80 Å². The van der Waals surface area contributed by atoms with E-state index in [-0.39, 0.29) is 0 Å². The van der Waals surface area contributed by atoms with Crippen molar-refractivity contribution in [2.24, 2.45) is 0 Å². The van der Waals surface area contributed by atoms with Crippen molar-refractivity contribution in [1.82, 2.24) is 0 Å². The van der Waals surface area contributed by atoms with Gasteiger partial charge in [0.05, 0.1) is 16.8 Å². The highest BCUT2D eigenvalue weighted by Gasteiger charge is 2.52. The first-order valence-corrected chi connectivity index (χ1v) is 19.7. The Morgan fingerprint density at radius 2 is 0.842 bits per heavy atom. The molecule has 0 aromatic heterocycles. The summed E-state index contributed by atoms with van der Waals surface area (Å²) in [6, 6.07) is 84.1. The van der Waals surface area contributed by atoms with E-state index in [4.69, 9.17) is 0 Å². The molecule has 0 saturated carbocycles. The van der Waals surface area contributed by atoms with E-state index < -0.39 is 5.41 Å². The highest BCUT2D eigenvalue weighted by Crippen LogP contribution is 2.65. The van der Waals surface area contributed by atoms with Gasteiger partial charge in [0.25, 0.3) is 0 Å².